The molecule has 174 valence electrons. The number of nitrogens with one attached hydrogen (secondary N) is 2. The molecule has 3 saturated heterocycles. The van der Waals surface area contributed by atoms with Gasteiger partial charge in [0.05, 0.1) is 32.1 Å². The van der Waals surface area contributed by atoms with Crippen molar-refractivity contribution in [3.63, 3.8) is 0 Å². The first-order valence-electron chi connectivity index (χ1n) is 11.1. The van der Waals surface area contributed by atoms with Crippen LogP contribution in [0.2, 0.25) is 5.02 Å². The molecule has 31 heavy (non-hydrogen) atoms. The summed E-state index contributed by atoms with van der Waals surface area (Å²) in [4.78, 5) is 9.73. The van der Waals surface area contributed by atoms with Crippen LogP contribution >= 0.6 is 35.6 Å². The Labute approximate surface area is 207 Å². The van der Waals surface area contributed by atoms with Gasteiger partial charge in [0.25, 0.3) is 0 Å². The first-order valence-corrected chi connectivity index (χ1v) is 11.5. The number of aliphatic imine (C=N–C) groups is 1. The number of hydrogen-bond donors (Lipinski definition) is 2. The Morgan fingerprint density at radius 3 is 2.97 bits per heavy atom. The lowest BCUT2D eigenvalue weighted by molar-refractivity contribution is -0.0432. The van der Waals surface area contributed by atoms with Crippen molar-refractivity contribution >= 4 is 47.2 Å². The molecule has 3 atom stereocenters. The summed E-state index contributed by atoms with van der Waals surface area (Å²) >= 11 is 6.22. The summed E-state index contributed by atoms with van der Waals surface area (Å²) < 4.78 is 11.6. The Morgan fingerprint density at radius 1 is 1.29 bits per heavy atom. The molecule has 2 N–H and O–H groups in total. The van der Waals surface area contributed by atoms with E-state index in [0.717, 1.165) is 61.6 Å². The van der Waals surface area contributed by atoms with Gasteiger partial charge in [-0.25, -0.2) is 0 Å². The number of anilines is 1. The lowest BCUT2D eigenvalue weighted by Gasteiger charge is -2.34. The van der Waals surface area contributed by atoms with E-state index in [0.29, 0.717) is 18.6 Å². The van der Waals surface area contributed by atoms with Crippen molar-refractivity contribution in [2.75, 3.05) is 57.9 Å². The molecule has 0 bridgehead atoms. The first-order chi connectivity index (χ1) is 14.7. The fourth-order valence-electron chi connectivity index (χ4n) is 4.71. The van der Waals surface area contributed by atoms with Crippen LogP contribution < -0.4 is 20.3 Å². The van der Waals surface area contributed by atoms with Gasteiger partial charge in [-0.3, -0.25) is 9.89 Å². The molecule has 0 amide bonds. The fraction of sp³-hybridized carbons (Fsp3) is 0.682. The van der Waals surface area contributed by atoms with Crippen molar-refractivity contribution in [3.8, 4) is 5.75 Å². The molecule has 1 aromatic carbocycles. The standard InChI is InChI=1S/C22H34ClN5O2.HI/c1-3-24-22(25-12-19-14-27-9-4-5-18(27)15-30-19)26-17-8-10-28(13-17)20-11-16(23)6-7-21(20)29-2;/h6-7,11,17-19H,3-5,8-10,12-15H2,1-2H3,(H2,24,25,26);1H. The third-order valence-corrected chi connectivity index (χ3v) is 6.50. The number of benzene rings is 1. The van der Waals surface area contributed by atoms with Crippen LogP contribution in [0.25, 0.3) is 0 Å². The molecular weight excluding hydrogens is 529 g/mol. The summed E-state index contributed by atoms with van der Waals surface area (Å²) in [6, 6.07) is 6.72. The maximum atomic E-state index is 6.22. The molecule has 0 radical (unpaired) electrons. The summed E-state index contributed by atoms with van der Waals surface area (Å²) in [7, 11) is 1.70. The van der Waals surface area contributed by atoms with Gasteiger partial charge in [0, 0.05) is 43.3 Å². The number of guanidine groups is 1. The van der Waals surface area contributed by atoms with Crippen LogP contribution in [0, 0.1) is 0 Å². The molecule has 3 heterocycles. The highest BCUT2D eigenvalue weighted by Crippen LogP contribution is 2.33. The highest BCUT2D eigenvalue weighted by Gasteiger charge is 2.32. The molecule has 1 aromatic rings. The van der Waals surface area contributed by atoms with E-state index in [1.165, 1.54) is 19.4 Å². The Morgan fingerprint density at radius 2 is 2.16 bits per heavy atom. The Bertz CT molecular complexity index is 753. The predicted molar refractivity (Wildman–Crippen MR) is 137 cm³/mol. The molecule has 4 rings (SSSR count). The average molecular weight is 564 g/mol. The average Bonchev–Trinajstić information content (AvgIpc) is 3.41. The van der Waals surface area contributed by atoms with E-state index in [9.17, 15) is 0 Å². The number of nitrogens with zero attached hydrogens (tertiary/aromatic N) is 3. The smallest absolute Gasteiger partial charge is 0.191 e. The highest BCUT2D eigenvalue weighted by atomic mass is 127. The van der Waals surface area contributed by atoms with Crippen LogP contribution in [0.5, 0.6) is 5.75 Å². The van der Waals surface area contributed by atoms with Crippen molar-refractivity contribution in [1.29, 1.82) is 0 Å². The molecule has 0 aliphatic carbocycles. The second-order valence-electron chi connectivity index (χ2n) is 8.36. The minimum Gasteiger partial charge on any atom is -0.495 e. The first kappa shape index (κ1) is 24.7. The quantitative estimate of drug-likeness (QED) is 0.315. The second kappa shape index (κ2) is 11.8. The Hall–Kier alpha value is -0.970. The largest absolute Gasteiger partial charge is 0.495 e. The number of fused-ring (bicyclic) bond motifs is 1. The third kappa shape index (κ3) is 6.30. The van der Waals surface area contributed by atoms with Gasteiger partial charge in [0.1, 0.15) is 5.75 Å². The van der Waals surface area contributed by atoms with Crippen LogP contribution in [0.3, 0.4) is 0 Å². The van der Waals surface area contributed by atoms with E-state index in [4.69, 9.17) is 26.1 Å². The van der Waals surface area contributed by atoms with Gasteiger partial charge in [-0.1, -0.05) is 11.6 Å². The SMILES string of the molecule is CCNC(=NCC1CN2CCCC2CO1)NC1CCN(c2cc(Cl)ccc2OC)C1.I. The summed E-state index contributed by atoms with van der Waals surface area (Å²) in [6.07, 6.45) is 3.79. The monoisotopic (exact) mass is 563 g/mol. The van der Waals surface area contributed by atoms with Gasteiger partial charge in [-0.05, 0) is 50.9 Å². The van der Waals surface area contributed by atoms with Gasteiger partial charge < -0.3 is 25.0 Å². The van der Waals surface area contributed by atoms with Crippen molar-refractivity contribution in [2.24, 2.45) is 4.99 Å². The second-order valence-corrected chi connectivity index (χ2v) is 8.79. The lowest BCUT2D eigenvalue weighted by atomic mass is 10.2. The van der Waals surface area contributed by atoms with E-state index in [-0.39, 0.29) is 30.1 Å². The summed E-state index contributed by atoms with van der Waals surface area (Å²) in [5.74, 6) is 1.73. The number of ether oxygens (including phenoxy) is 2. The molecule has 9 heteroatoms. The zero-order valence-corrected chi connectivity index (χ0v) is 21.6. The Kier molecular flexibility index (Phi) is 9.36. The van der Waals surface area contributed by atoms with Crippen LogP contribution in [0.4, 0.5) is 5.69 Å². The van der Waals surface area contributed by atoms with Gasteiger partial charge >= 0.3 is 0 Å². The minimum atomic E-state index is 0. The van der Waals surface area contributed by atoms with E-state index >= 15 is 0 Å². The predicted octanol–water partition coefficient (Wildman–Crippen LogP) is 2.96. The minimum absolute atomic E-state index is 0. The van der Waals surface area contributed by atoms with Crippen LogP contribution in [-0.2, 0) is 4.74 Å². The van der Waals surface area contributed by atoms with Crippen LogP contribution in [0.1, 0.15) is 26.2 Å². The molecule has 0 spiro atoms. The number of methoxy groups -OCH3 is 1. The normalized spacial score (nSPS) is 26.4. The van der Waals surface area contributed by atoms with Crippen molar-refractivity contribution in [1.82, 2.24) is 15.5 Å². The third-order valence-electron chi connectivity index (χ3n) is 6.27. The van der Waals surface area contributed by atoms with E-state index in [1.54, 1.807) is 7.11 Å². The topological polar surface area (TPSA) is 61.4 Å². The highest BCUT2D eigenvalue weighted by molar-refractivity contribution is 14.0. The van der Waals surface area contributed by atoms with Crippen LogP contribution in [0.15, 0.2) is 23.2 Å². The zero-order valence-electron chi connectivity index (χ0n) is 18.5. The maximum absolute atomic E-state index is 6.22. The molecule has 0 aromatic heterocycles. The number of hydrogen-bond acceptors (Lipinski definition) is 5. The lowest BCUT2D eigenvalue weighted by Crippen LogP contribution is -2.48. The summed E-state index contributed by atoms with van der Waals surface area (Å²) in [5, 5.41) is 7.72. The van der Waals surface area contributed by atoms with E-state index in [2.05, 4.69) is 27.4 Å². The molecule has 3 aliphatic rings. The molecule has 3 fully saturated rings. The van der Waals surface area contributed by atoms with Crippen molar-refractivity contribution in [3.05, 3.63) is 23.2 Å². The zero-order chi connectivity index (χ0) is 20.9. The van der Waals surface area contributed by atoms with Gasteiger partial charge in [-0.2, -0.15) is 0 Å². The molecule has 3 aliphatic heterocycles. The van der Waals surface area contributed by atoms with E-state index < -0.39 is 0 Å². The number of halogens is 2. The van der Waals surface area contributed by atoms with Gasteiger partial charge in [0.15, 0.2) is 5.96 Å². The maximum Gasteiger partial charge on any atom is 0.191 e. The van der Waals surface area contributed by atoms with Gasteiger partial charge in [-0.15, -0.1) is 24.0 Å². The van der Waals surface area contributed by atoms with Crippen LogP contribution in [-0.4, -0.2) is 82.0 Å². The number of rotatable bonds is 6. The molecule has 0 saturated carbocycles. The Balaban J connectivity index is 0.00000272. The summed E-state index contributed by atoms with van der Waals surface area (Å²) in [5.41, 5.74) is 1.05. The summed E-state index contributed by atoms with van der Waals surface area (Å²) in [6.45, 7) is 8.52. The molecule has 7 nitrogen and oxygen atoms in total. The van der Waals surface area contributed by atoms with Crippen molar-refractivity contribution in [2.45, 2.75) is 44.4 Å². The number of morpholine rings is 1. The molecular formula is C22H35ClIN5O2. The van der Waals surface area contributed by atoms with Crippen molar-refractivity contribution < 1.29 is 9.47 Å². The molecule has 3 unspecified atom stereocenters. The van der Waals surface area contributed by atoms with Gasteiger partial charge in [0.2, 0.25) is 0 Å². The fourth-order valence-corrected chi connectivity index (χ4v) is 4.88. The van der Waals surface area contributed by atoms with E-state index in [1.807, 2.05) is 18.2 Å².